The van der Waals surface area contributed by atoms with Crippen molar-refractivity contribution >= 4 is 18.4 Å². The summed E-state index contributed by atoms with van der Waals surface area (Å²) in [6, 6.07) is 5.24. The summed E-state index contributed by atoms with van der Waals surface area (Å²) in [7, 11) is -1.05. The summed E-state index contributed by atoms with van der Waals surface area (Å²) in [6.45, 7) is 1.50. The standard InChI is InChI=1S/C14H13BN2O4/c1-9(18)6-13-11-3-2-10(7-12(11)15(19)21-13)20-14-8-16-4-5-17-14/h2-5,7-8,13,19H,6H2,1H3/t13-/m1/s1. The molecular formula is C14H13BN2O4. The fourth-order valence-corrected chi connectivity index (χ4v) is 2.30. The van der Waals surface area contributed by atoms with Crippen LogP contribution in [0.1, 0.15) is 25.0 Å². The fourth-order valence-electron chi connectivity index (χ4n) is 2.30. The molecular weight excluding hydrogens is 271 g/mol. The van der Waals surface area contributed by atoms with Gasteiger partial charge in [-0.25, -0.2) is 4.98 Å². The molecule has 0 saturated carbocycles. The van der Waals surface area contributed by atoms with Crippen molar-refractivity contribution in [3.63, 3.8) is 0 Å². The normalized spacial score (nSPS) is 16.7. The molecule has 106 valence electrons. The van der Waals surface area contributed by atoms with Crippen LogP contribution in [0.25, 0.3) is 0 Å². The first kappa shape index (κ1) is 13.7. The van der Waals surface area contributed by atoms with Crippen molar-refractivity contribution in [3.8, 4) is 11.6 Å². The highest BCUT2D eigenvalue weighted by molar-refractivity contribution is 6.61. The highest BCUT2D eigenvalue weighted by atomic mass is 16.5. The summed E-state index contributed by atoms with van der Waals surface area (Å²) >= 11 is 0. The fraction of sp³-hybridized carbons (Fsp3) is 0.214. The van der Waals surface area contributed by atoms with Gasteiger partial charge in [-0.15, -0.1) is 0 Å². The average molecular weight is 284 g/mol. The predicted octanol–water partition coefficient (Wildman–Crippen LogP) is 1.01. The molecule has 0 bridgehead atoms. The van der Waals surface area contributed by atoms with Crippen LogP contribution in [0.4, 0.5) is 0 Å². The Morgan fingerprint density at radius 3 is 3.05 bits per heavy atom. The van der Waals surface area contributed by atoms with E-state index in [2.05, 4.69) is 9.97 Å². The zero-order valence-corrected chi connectivity index (χ0v) is 11.4. The number of Topliss-reactive ketones (excluding diaryl/α,β-unsaturated/α-hetero) is 1. The van der Waals surface area contributed by atoms with Crippen LogP contribution in [0, 0.1) is 0 Å². The molecule has 2 aromatic rings. The van der Waals surface area contributed by atoms with Crippen LogP contribution in [-0.4, -0.2) is 27.9 Å². The van der Waals surface area contributed by atoms with Gasteiger partial charge in [-0.2, -0.15) is 0 Å². The molecule has 0 saturated heterocycles. The number of nitrogens with zero attached hydrogens (tertiary/aromatic N) is 2. The second-order valence-corrected chi connectivity index (χ2v) is 4.82. The monoisotopic (exact) mass is 284 g/mol. The molecule has 1 aliphatic rings. The lowest BCUT2D eigenvalue weighted by molar-refractivity contribution is -0.118. The molecule has 0 spiro atoms. The maximum atomic E-state index is 11.2. The third kappa shape index (κ3) is 2.93. The molecule has 0 aliphatic carbocycles. The Morgan fingerprint density at radius 2 is 2.33 bits per heavy atom. The topological polar surface area (TPSA) is 81.5 Å². The molecule has 0 radical (unpaired) electrons. The lowest BCUT2D eigenvalue weighted by atomic mass is 9.79. The third-order valence-corrected chi connectivity index (χ3v) is 3.20. The Labute approximate surface area is 121 Å². The van der Waals surface area contributed by atoms with Gasteiger partial charge in [-0.1, -0.05) is 6.07 Å². The van der Waals surface area contributed by atoms with E-state index in [0.29, 0.717) is 17.1 Å². The van der Waals surface area contributed by atoms with Gasteiger partial charge in [0.2, 0.25) is 5.88 Å². The van der Waals surface area contributed by atoms with Crippen LogP contribution in [0.15, 0.2) is 36.8 Å². The number of aromatic nitrogens is 2. The second-order valence-electron chi connectivity index (χ2n) is 4.82. The molecule has 1 aromatic carbocycles. The first-order valence-corrected chi connectivity index (χ1v) is 6.54. The number of benzene rings is 1. The quantitative estimate of drug-likeness (QED) is 0.844. The smallest absolute Gasteiger partial charge is 0.438 e. The molecule has 1 atom stereocenters. The second kappa shape index (κ2) is 5.63. The highest BCUT2D eigenvalue weighted by Crippen LogP contribution is 2.29. The zero-order chi connectivity index (χ0) is 14.8. The van der Waals surface area contributed by atoms with E-state index >= 15 is 0 Å². The van der Waals surface area contributed by atoms with Gasteiger partial charge in [0.1, 0.15) is 11.5 Å². The predicted molar refractivity (Wildman–Crippen MR) is 75.3 cm³/mol. The van der Waals surface area contributed by atoms with Crippen LogP contribution >= 0.6 is 0 Å². The minimum Gasteiger partial charge on any atom is -0.438 e. The Kier molecular flexibility index (Phi) is 3.68. The van der Waals surface area contributed by atoms with E-state index < -0.39 is 13.2 Å². The Bertz CT molecular complexity index is 665. The van der Waals surface area contributed by atoms with Gasteiger partial charge in [-0.3, -0.25) is 9.78 Å². The van der Waals surface area contributed by atoms with Crippen molar-refractivity contribution in [2.75, 3.05) is 0 Å². The van der Waals surface area contributed by atoms with Crippen LogP contribution < -0.4 is 10.2 Å². The summed E-state index contributed by atoms with van der Waals surface area (Å²) in [5.74, 6) is 0.909. The number of carbonyl (C=O) groups is 1. The van der Waals surface area contributed by atoms with Gasteiger partial charge in [0.25, 0.3) is 0 Å². The van der Waals surface area contributed by atoms with Crippen LogP contribution in [0.3, 0.4) is 0 Å². The molecule has 0 fully saturated rings. The zero-order valence-electron chi connectivity index (χ0n) is 11.4. The number of ether oxygens (including phenoxy) is 1. The number of fused-ring (bicyclic) bond motifs is 1. The lowest BCUT2D eigenvalue weighted by Crippen LogP contribution is -2.28. The molecule has 1 aliphatic heterocycles. The summed E-state index contributed by atoms with van der Waals surface area (Å²) in [5.41, 5.74) is 1.42. The van der Waals surface area contributed by atoms with Gasteiger partial charge in [-0.05, 0) is 30.1 Å². The van der Waals surface area contributed by atoms with E-state index in [1.54, 1.807) is 24.4 Å². The van der Waals surface area contributed by atoms with Crippen molar-refractivity contribution in [2.45, 2.75) is 19.4 Å². The Balaban J connectivity index is 1.85. The SMILES string of the molecule is CC(=O)C[C@H]1OB(O)c2cc(Oc3cnccn3)ccc21. The minimum absolute atomic E-state index is 0.0138. The van der Waals surface area contributed by atoms with Crippen molar-refractivity contribution in [1.82, 2.24) is 9.97 Å². The number of carbonyl (C=O) groups excluding carboxylic acids is 1. The van der Waals surface area contributed by atoms with Gasteiger partial charge >= 0.3 is 7.12 Å². The summed E-state index contributed by atoms with van der Waals surface area (Å²) < 4.78 is 11.0. The van der Waals surface area contributed by atoms with Crippen molar-refractivity contribution in [1.29, 1.82) is 0 Å². The molecule has 7 heteroatoms. The van der Waals surface area contributed by atoms with E-state index in [4.69, 9.17) is 9.39 Å². The third-order valence-electron chi connectivity index (χ3n) is 3.20. The lowest BCUT2D eigenvalue weighted by Gasteiger charge is -2.10. The Hall–Kier alpha value is -2.25. The van der Waals surface area contributed by atoms with E-state index in [-0.39, 0.29) is 12.2 Å². The maximum Gasteiger partial charge on any atom is 0.492 e. The number of hydrogen-bond donors (Lipinski definition) is 1. The van der Waals surface area contributed by atoms with Crippen LogP contribution in [-0.2, 0) is 9.45 Å². The molecule has 21 heavy (non-hydrogen) atoms. The van der Waals surface area contributed by atoms with E-state index in [9.17, 15) is 9.82 Å². The van der Waals surface area contributed by atoms with Gasteiger partial charge in [0, 0.05) is 18.8 Å². The number of ketones is 1. The van der Waals surface area contributed by atoms with Gasteiger partial charge < -0.3 is 14.4 Å². The molecule has 1 N–H and O–H groups in total. The van der Waals surface area contributed by atoms with Crippen molar-refractivity contribution in [2.24, 2.45) is 0 Å². The summed E-state index contributed by atoms with van der Waals surface area (Å²) in [5, 5.41) is 9.94. The van der Waals surface area contributed by atoms with Crippen LogP contribution in [0.2, 0.25) is 0 Å². The average Bonchev–Trinajstić information content (AvgIpc) is 2.75. The first-order valence-electron chi connectivity index (χ1n) is 6.54. The van der Waals surface area contributed by atoms with Crippen LogP contribution in [0.5, 0.6) is 11.6 Å². The summed E-state index contributed by atoms with van der Waals surface area (Å²) in [4.78, 5) is 19.2. The van der Waals surface area contributed by atoms with E-state index in [1.807, 2.05) is 0 Å². The highest BCUT2D eigenvalue weighted by Gasteiger charge is 2.35. The van der Waals surface area contributed by atoms with Gasteiger partial charge in [0.05, 0.1) is 12.3 Å². The van der Waals surface area contributed by atoms with Crippen molar-refractivity contribution < 1.29 is 19.2 Å². The molecule has 0 unspecified atom stereocenters. The number of rotatable bonds is 4. The molecule has 2 heterocycles. The number of hydrogen-bond acceptors (Lipinski definition) is 6. The Morgan fingerprint density at radius 1 is 1.48 bits per heavy atom. The molecule has 0 amide bonds. The first-order chi connectivity index (χ1) is 10.1. The van der Waals surface area contributed by atoms with Crippen molar-refractivity contribution in [3.05, 3.63) is 42.4 Å². The van der Waals surface area contributed by atoms with E-state index in [1.165, 1.54) is 19.3 Å². The molecule has 6 nitrogen and oxygen atoms in total. The largest absolute Gasteiger partial charge is 0.492 e. The molecule has 3 rings (SSSR count). The maximum absolute atomic E-state index is 11.2. The molecule has 1 aromatic heterocycles. The minimum atomic E-state index is -1.05. The van der Waals surface area contributed by atoms with E-state index in [0.717, 1.165) is 5.56 Å². The summed E-state index contributed by atoms with van der Waals surface area (Å²) in [6.07, 6.45) is 4.42. The van der Waals surface area contributed by atoms with Gasteiger partial charge in [0.15, 0.2) is 0 Å².